The highest BCUT2D eigenvalue weighted by atomic mass is 19.4. The molecule has 2 aliphatic rings. The smallest absolute Gasteiger partial charge is 0.381 e. The van der Waals surface area contributed by atoms with Gasteiger partial charge in [0.1, 0.15) is 0 Å². The van der Waals surface area contributed by atoms with E-state index in [2.05, 4.69) is 5.32 Å². The SMILES string of the molecule is O=C(Cc1cccc(C(F)(F)F)c1)N[C@H]1CCOC[C@H]1C1CCOCC1. The number of alkyl halides is 3. The van der Waals surface area contributed by atoms with E-state index in [1.165, 1.54) is 6.07 Å². The van der Waals surface area contributed by atoms with E-state index in [0.29, 0.717) is 24.7 Å². The number of rotatable bonds is 4. The van der Waals surface area contributed by atoms with E-state index in [0.717, 1.165) is 44.6 Å². The quantitative estimate of drug-likeness (QED) is 0.884. The second kappa shape index (κ2) is 8.39. The lowest BCUT2D eigenvalue weighted by atomic mass is 9.79. The molecule has 2 heterocycles. The summed E-state index contributed by atoms with van der Waals surface area (Å²) in [5.74, 6) is 0.439. The normalized spacial score (nSPS) is 25.0. The molecule has 26 heavy (non-hydrogen) atoms. The lowest BCUT2D eigenvalue weighted by Gasteiger charge is -2.39. The van der Waals surface area contributed by atoms with Crippen molar-refractivity contribution in [2.75, 3.05) is 26.4 Å². The molecule has 144 valence electrons. The lowest BCUT2D eigenvalue weighted by Crippen LogP contribution is -2.49. The van der Waals surface area contributed by atoms with Crippen LogP contribution >= 0.6 is 0 Å². The molecule has 4 nitrogen and oxygen atoms in total. The molecule has 7 heteroatoms. The van der Waals surface area contributed by atoms with Crippen LogP contribution in [0.3, 0.4) is 0 Å². The summed E-state index contributed by atoms with van der Waals surface area (Å²) < 4.78 is 49.4. The zero-order valence-electron chi connectivity index (χ0n) is 14.6. The van der Waals surface area contributed by atoms with Crippen LogP contribution in [0.4, 0.5) is 13.2 Å². The average molecular weight is 371 g/mol. The topological polar surface area (TPSA) is 47.6 Å². The number of benzene rings is 1. The Labute approximate surface area is 151 Å². The molecule has 1 amide bonds. The second-order valence-corrected chi connectivity index (χ2v) is 7.03. The molecule has 2 aliphatic heterocycles. The number of halogens is 3. The van der Waals surface area contributed by atoms with Crippen LogP contribution in [0, 0.1) is 11.8 Å². The molecule has 1 aromatic carbocycles. The first-order chi connectivity index (χ1) is 12.4. The maximum atomic E-state index is 12.8. The summed E-state index contributed by atoms with van der Waals surface area (Å²) in [7, 11) is 0. The fraction of sp³-hybridized carbons (Fsp3) is 0.632. The van der Waals surface area contributed by atoms with E-state index in [-0.39, 0.29) is 24.3 Å². The van der Waals surface area contributed by atoms with Gasteiger partial charge in [-0.1, -0.05) is 18.2 Å². The number of carbonyl (C=O) groups excluding carboxylic acids is 1. The van der Waals surface area contributed by atoms with Gasteiger partial charge in [0, 0.05) is 31.8 Å². The van der Waals surface area contributed by atoms with Gasteiger partial charge in [-0.25, -0.2) is 0 Å². The Morgan fingerprint density at radius 3 is 2.58 bits per heavy atom. The Morgan fingerprint density at radius 1 is 1.12 bits per heavy atom. The van der Waals surface area contributed by atoms with Crippen LogP contribution in [0.15, 0.2) is 24.3 Å². The molecule has 3 rings (SSSR count). The largest absolute Gasteiger partial charge is 0.416 e. The fourth-order valence-electron chi connectivity index (χ4n) is 3.85. The Kier molecular flexibility index (Phi) is 6.19. The third-order valence-corrected chi connectivity index (χ3v) is 5.24. The molecule has 2 saturated heterocycles. The summed E-state index contributed by atoms with van der Waals surface area (Å²) in [6.45, 7) is 2.66. The van der Waals surface area contributed by atoms with Crippen LogP contribution in [-0.2, 0) is 26.9 Å². The molecule has 0 aromatic heterocycles. The predicted octanol–water partition coefficient (Wildman–Crippen LogP) is 3.20. The predicted molar refractivity (Wildman–Crippen MR) is 89.5 cm³/mol. The highest BCUT2D eigenvalue weighted by Gasteiger charge is 2.34. The minimum atomic E-state index is -4.40. The van der Waals surface area contributed by atoms with Gasteiger partial charge in [-0.15, -0.1) is 0 Å². The van der Waals surface area contributed by atoms with Crippen molar-refractivity contribution in [1.29, 1.82) is 0 Å². The Hall–Kier alpha value is -1.60. The number of hydrogen-bond donors (Lipinski definition) is 1. The van der Waals surface area contributed by atoms with E-state index in [1.54, 1.807) is 6.07 Å². The molecular formula is C19H24F3NO3. The monoisotopic (exact) mass is 371 g/mol. The number of ether oxygens (including phenoxy) is 2. The first-order valence-electron chi connectivity index (χ1n) is 9.04. The number of hydrogen-bond acceptors (Lipinski definition) is 3. The van der Waals surface area contributed by atoms with Gasteiger partial charge in [0.25, 0.3) is 0 Å². The minimum absolute atomic E-state index is 0.00477. The van der Waals surface area contributed by atoms with E-state index < -0.39 is 11.7 Å². The van der Waals surface area contributed by atoms with Crippen molar-refractivity contribution < 1.29 is 27.4 Å². The second-order valence-electron chi connectivity index (χ2n) is 7.03. The van der Waals surface area contributed by atoms with Crippen LogP contribution in [0.2, 0.25) is 0 Å². The Morgan fingerprint density at radius 2 is 1.85 bits per heavy atom. The number of carbonyl (C=O) groups is 1. The molecule has 0 saturated carbocycles. The zero-order valence-corrected chi connectivity index (χ0v) is 14.6. The van der Waals surface area contributed by atoms with Gasteiger partial charge in [0.15, 0.2) is 0 Å². The van der Waals surface area contributed by atoms with Crippen molar-refractivity contribution >= 4 is 5.91 Å². The van der Waals surface area contributed by atoms with Gasteiger partial charge in [-0.3, -0.25) is 4.79 Å². The standard InChI is InChI=1S/C19H24F3NO3/c20-19(21,22)15-3-1-2-13(10-15)11-18(24)23-17-6-9-26-12-16(17)14-4-7-25-8-5-14/h1-3,10,14,16-17H,4-9,11-12H2,(H,23,24)/t16-,17-/m0/s1. The molecule has 0 unspecified atom stereocenters. The molecule has 1 aromatic rings. The van der Waals surface area contributed by atoms with Crippen molar-refractivity contribution in [2.45, 2.75) is 37.9 Å². The molecule has 0 spiro atoms. The van der Waals surface area contributed by atoms with Crippen LogP contribution < -0.4 is 5.32 Å². The highest BCUT2D eigenvalue weighted by molar-refractivity contribution is 5.79. The zero-order chi connectivity index (χ0) is 18.6. The van der Waals surface area contributed by atoms with Crippen LogP contribution in [0.25, 0.3) is 0 Å². The first kappa shape index (κ1) is 19.2. The summed E-state index contributed by atoms with van der Waals surface area (Å²) in [6.07, 6.45) is -1.82. The summed E-state index contributed by atoms with van der Waals surface area (Å²) in [6, 6.07) is 4.95. The van der Waals surface area contributed by atoms with Crippen molar-refractivity contribution in [2.24, 2.45) is 11.8 Å². The molecule has 2 atom stereocenters. The number of nitrogens with one attached hydrogen (secondary N) is 1. The van der Waals surface area contributed by atoms with Crippen LogP contribution in [-0.4, -0.2) is 38.4 Å². The Balaban J connectivity index is 1.61. The molecule has 0 aliphatic carbocycles. The van der Waals surface area contributed by atoms with Crippen molar-refractivity contribution in [3.63, 3.8) is 0 Å². The van der Waals surface area contributed by atoms with Gasteiger partial charge >= 0.3 is 6.18 Å². The van der Waals surface area contributed by atoms with Crippen LogP contribution in [0.5, 0.6) is 0 Å². The van der Waals surface area contributed by atoms with Gasteiger partial charge in [0.05, 0.1) is 18.6 Å². The summed E-state index contributed by atoms with van der Waals surface area (Å²) in [4.78, 5) is 12.4. The third kappa shape index (κ3) is 4.98. The van der Waals surface area contributed by atoms with Crippen molar-refractivity contribution in [1.82, 2.24) is 5.32 Å². The van der Waals surface area contributed by atoms with E-state index in [4.69, 9.17) is 9.47 Å². The van der Waals surface area contributed by atoms with E-state index in [9.17, 15) is 18.0 Å². The van der Waals surface area contributed by atoms with Crippen molar-refractivity contribution in [3.05, 3.63) is 35.4 Å². The van der Waals surface area contributed by atoms with Gasteiger partial charge in [-0.05, 0) is 36.8 Å². The molecule has 2 fully saturated rings. The average Bonchev–Trinajstić information content (AvgIpc) is 2.62. The fourth-order valence-corrected chi connectivity index (χ4v) is 3.85. The van der Waals surface area contributed by atoms with E-state index >= 15 is 0 Å². The van der Waals surface area contributed by atoms with Gasteiger partial charge < -0.3 is 14.8 Å². The van der Waals surface area contributed by atoms with Crippen LogP contribution in [0.1, 0.15) is 30.4 Å². The lowest BCUT2D eigenvalue weighted by molar-refractivity contribution is -0.137. The molecular weight excluding hydrogens is 347 g/mol. The van der Waals surface area contributed by atoms with Gasteiger partial charge in [-0.2, -0.15) is 13.2 Å². The summed E-state index contributed by atoms with van der Waals surface area (Å²) >= 11 is 0. The van der Waals surface area contributed by atoms with E-state index in [1.807, 2.05) is 0 Å². The molecule has 0 bridgehead atoms. The number of amides is 1. The molecule has 1 N–H and O–H groups in total. The molecule has 0 radical (unpaired) electrons. The minimum Gasteiger partial charge on any atom is -0.381 e. The maximum Gasteiger partial charge on any atom is 0.416 e. The maximum absolute atomic E-state index is 12.8. The highest BCUT2D eigenvalue weighted by Crippen LogP contribution is 2.31. The summed E-state index contributed by atoms with van der Waals surface area (Å²) in [5, 5.41) is 3.03. The van der Waals surface area contributed by atoms with Crippen molar-refractivity contribution in [3.8, 4) is 0 Å². The Bertz CT molecular complexity index is 614. The third-order valence-electron chi connectivity index (χ3n) is 5.24. The summed E-state index contributed by atoms with van der Waals surface area (Å²) in [5.41, 5.74) is -0.360. The first-order valence-corrected chi connectivity index (χ1v) is 9.04. The van der Waals surface area contributed by atoms with Gasteiger partial charge in [0.2, 0.25) is 5.91 Å².